The summed E-state index contributed by atoms with van der Waals surface area (Å²) in [7, 11) is 3.03. The van der Waals surface area contributed by atoms with Gasteiger partial charge in [0.1, 0.15) is 4.32 Å². The second-order valence-corrected chi connectivity index (χ2v) is 7.91. The first-order valence-corrected chi connectivity index (χ1v) is 10.2. The highest BCUT2D eigenvalue weighted by Crippen LogP contribution is 2.38. The Morgan fingerprint density at radius 3 is 2.73 bits per heavy atom. The van der Waals surface area contributed by atoms with Crippen LogP contribution in [-0.2, 0) is 9.59 Å². The third kappa shape index (κ3) is 4.33. The molecule has 2 rings (SSSR count). The van der Waals surface area contributed by atoms with Crippen LogP contribution in [0.1, 0.15) is 12.0 Å². The number of carbonyl (C=O) groups excluding carboxylic acids is 2. The standard InChI is InChI=1S/C17H19NO5S3/c1-22-12-6-4-5-10(14(12)23-2)9-13-15(19)18(17(24)26-13)11(16(20)21)7-8-25-3/h4-6,9,11H,7-8H2,1-3H3,(H,20,21)/p-1/b13-9+/t11-/m0/s1. The molecule has 0 saturated carbocycles. The van der Waals surface area contributed by atoms with E-state index in [1.807, 2.05) is 6.26 Å². The molecule has 1 fully saturated rings. The van der Waals surface area contributed by atoms with Crippen molar-refractivity contribution in [1.29, 1.82) is 0 Å². The van der Waals surface area contributed by atoms with Gasteiger partial charge < -0.3 is 19.4 Å². The van der Waals surface area contributed by atoms with E-state index < -0.39 is 17.9 Å². The predicted molar refractivity (Wildman–Crippen MR) is 106 cm³/mol. The van der Waals surface area contributed by atoms with E-state index in [0.717, 1.165) is 16.7 Å². The van der Waals surface area contributed by atoms with Gasteiger partial charge in [0.05, 0.1) is 31.1 Å². The van der Waals surface area contributed by atoms with E-state index in [1.54, 1.807) is 24.3 Å². The largest absolute Gasteiger partial charge is 0.548 e. The van der Waals surface area contributed by atoms with E-state index in [1.165, 1.54) is 26.0 Å². The first kappa shape index (κ1) is 20.6. The van der Waals surface area contributed by atoms with Gasteiger partial charge in [-0.25, -0.2) is 0 Å². The molecule has 26 heavy (non-hydrogen) atoms. The van der Waals surface area contributed by atoms with E-state index in [9.17, 15) is 14.7 Å². The molecular formula is C17H18NO5S3-. The lowest BCUT2D eigenvalue weighted by atomic mass is 10.1. The van der Waals surface area contributed by atoms with Gasteiger partial charge in [-0.2, -0.15) is 11.8 Å². The van der Waals surface area contributed by atoms with Crippen molar-refractivity contribution >= 4 is 58.0 Å². The molecule has 6 nitrogen and oxygen atoms in total. The molecule has 0 N–H and O–H groups in total. The van der Waals surface area contributed by atoms with Gasteiger partial charge >= 0.3 is 0 Å². The molecule has 0 radical (unpaired) electrons. The van der Waals surface area contributed by atoms with Gasteiger partial charge in [-0.05, 0) is 30.6 Å². The average Bonchev–Trinajstić information content (AvgIpc) is 2.89. The summed E-state index contributed by atoms with van der Waals surface area (Å²) in [6.07, 6.45) is 3.76. The summed E-state index contributed by atoms with van der Waals surface area (Å²) in [5.41, 5.74) is 0.640. The number of hydrogen-bond donors (Lipinski definition) is 0. The molecule has 1 aliphatic heterocycles. The molecule has 1 aromatic rings. The summed E-state index contributed by atoms with van der Waals surface area (Å²) < 4.78 is 10.8. The van der Waals surface area contributed by atoms with Crippen LogP contribution >= 0.6 is 35.7 Å². The minimum atomic E-state index is -1.31. The molecule has 1 saturated heterocycles. The summed E-state index contributed by atoms with van der Waals surface area (Å²) in [4.78, 5) is 25.7. The van der Waals surface area contributed by atoms with Crippen LogP contribution in [0.4, 0.5) is 0 Å². The van der Waals surface area contributed by atoms with Crippen LogP contribution in [0.15, 0.2) is 23.1 Å². The first-order chi connectivity index (χ1) is 12.4. The quantitative estimate of drug-likeness (QED) is 0.472. The number of carbonyl (C=O) groups is 2. The Morgan fingerprint density at radius 1 is 1.42 bits per heavy atom. The van der Waals surface area contributed by atoms with E-state index >= 15 is 0 Å². The van der Waals surface area contributed by atoms with Crippen LogP contribution in [0.5, 0.6) is 11.5 Å². The predicted octanol–water partition coefficient (Wildman–Crippen LogP) is 1.78. The average molecular weight is 413 g/mol. The monoisotopic (exact) mass is 412 g/mol. The number of carboxylic acids is 1. The fourth-order valence-electron chi connectivity index (χ4n) is 2.50. The SMILES string of the molecule is COc1cccc(/C=C2/SC(=S)N([C@@H](CCSC)C(=O)[O-])C2=O)c1OC. The number of thiocarbonyl (C=S) groups is 1. The first-order valence-electron chi connectivity index (χ1n) is 7.62. The van der Waals surface area contributed by atoms with Gasteiger partial charge in [0, 0.05) is 5.56 Å². The van der Waals surface area contributed by atoms with E-state index in [2.05, 4.69) is 0 Å². The van der Waals surface area contributed by atoms with Crippen molar-refractivity contribution in [1.82, 2.24) is 4.90 Å². The summed E-state index contributed by atoms with van der Waals surface area (Å²) in [6.45, 7) is 0. The molecule has 0 bridgehead atoms. The molecule has 1 heterocycles. The fraction of sp³-hybridized carbons (Fsp3) is 0.353. The van der Waals surface area contributed by atoms with Crippen LogP contribution < -0.4 is 14.6 Å². The van der Waals surface area contributed by atoms with Crippen molar-refractivity contribution in [2.45, 2.75) is 12.5 Å². The Bertz CT molecular complexity index is 750. The zero-order chi connectivity index (χ0) is 19.3. The van der Waals surface area contributed by atoms with Crippen LogP contribution in [0.2, 0.25) is 0 Å². The highest BCUT2D eigenvalue weighted by atomic mass is 32.2. The molecule has 0 aromatic heterocycles. The molecule has 9 heteroatoms. The minimum absolute atomic E-state index is 0.207. The number of methoxy groups -OCH3 is 2. The molecule has 0 spiro atoms. The Morgan fingerprint density at radius 2 is 2.15 bits per heavy atom. The summed E-state index contributed by atoms with van der Waals surface area (Å²) in [5.74, 6) is -0.155. The number of aliphatic carboxylic acids is 1. The highest BCUT2D eigenvalue weighted by molar-refractivity contribution is 8.26. The van der Waals surface area contributed by atoms with Gasteiger partial charge in [-0.1, -0.05) is 36.1 Å². The maximum absolute atomic E-state index is 12.8. The number of carboxylic acid groups (broad SMARTS) is 1. The van der Waals surface area contributed by atoms with Gasteiger partial charge in [-0.15, -0.1) is 0 Å². The maximum atomic E-state index is 12.8. The molecule has 1 atom stereocenters. The number of para-hydroxylation sites is 1. The lowest BCUT2D eigenvalue weighted by Crippen LogP contribution is -2.50. The van der Waals surface area contributed by atoms with Crippen molar-refractivity contribution in [3.8, 4) is 11.5 Å². The third-order valence-electron chi connectivity index (χ3n) is 3.72. The Labute approximate surface area is 165 Å². The van der Waals surface area contributed by atoms with E-state index in [-0.39, 0.29) is 10.7 Å². The molecule has 1 aliphatic rings. The number of benzene rings is 1. The summed E-state index contributed by atoms with van der Waals surface area (Å²) in [5, 5.41) is 11.5. The number of rotatable bonds is 8. The summed E-state index contributed by atoms with van der Waals surface area (Å²) in [6, 6.07) is 4.22. The smallest absolute Gasteiger partial charge is 0.266 e. The van der Waals surface area contributed by atoms with Gasteiger partial charge in [0.15, 0.2) is 11.5 Å². The highest BCUT2D eigenvalue weighted by Gasteiger charge is 2.37. The molecule has 1 aromatic carbocycles. The summed E-state index contributed by atoms with van der Waals surface area (Å²) >= 11 is 7.80. The molecule has 0 unspecified atom stereocenters. The van der Waals surface area contributed by atoms with Crippen molar-refractivity contribution in [3.05, 3.63) is 28.7 Å². The molecule has 0 aliphatic carbocycles. The van der Waals surface area contributed by atoms with Crippen LogP contribution in [-0.4, -0.2) is 53.4 Å². The Hall–Kier alpha value is -1.71. The lowest BCUT2D eigenvalue weighted by Gasteiger charge is -2.27. The zero-order valence-electron chi connectivity index (χ0n) is 14.5. The zero-order valence-corrected chi connectivity index (χ0v) is 17.0. The van der Waals surface area contributed by atoms with Crippen molar-refractivity contribution in [2.24, 2.45) is 0 Å². The Kier molecular flexibility index (Phi) is 7.36. The van der Waals surface area contributed by atoms with E-state index in [4.69, 9.17) is 21.7 Å². The molecule has 1 amide bonds. The maximum Gasteiger partial charge on any atom is 0.266 e. The topological polar surface area (TPSA) is 78.9 Å². The van der Waals surface area contributed by atoms with Gasteiger partial charge in [0.2, 0.25) is 0 Å². The normalized spacial score (nSPS) is 16.9. The Balaban J connectivity index is 2.36. The van der Waals surface area contributed by atoms with Gasteiger partial charge in [-0.3, -0.25) is 9.69 Å². The number of thioether (sulfide) groups is 2. The number of hydrogen-bond acceptors (Lipinski definition) is 8. The van der Waals surface area contributed by atoms with Crippen LogP contribution in [0.25, 0.3) is 6.08 Å². The van der Waals surface area contributed by atoms with Gasteiger partial charge in [0.25, 0.3) is 5.91 Å². The van der Waals surface area contributed by atoms with Crippen molar-refractivity contribution in [3.63, 3.8) is 0 Å². The van der Waals surface area contributed by atoms with Crippen molar-refractivity contribution in [2.75, 3.05) is 26.2 Å². The minimum Gasteiger partial charge on any atom is -0.548 e. The second-order valence-electron chi connectivity index (χ2n) is 5.25. The third-order valence-corrected chi connectivity index (χ3v) is 5.70. The number of ether oxygens (including phenoxy) is 2. The molecule has 140 valence electrons. The number of nitrogens with zero attached hydrogens (tertiary/aromatic N) is 1. The van der Waals surface area contributed by atoms with Crippen LogP contribution in [0, 0.1) is 0 Å². The van der Waals surface area contributed by atoms with Crippen LogP contribution in [0.3, 0.4) is 0 Å². The fourth-order valence-corrected chi connectivity index (χ4v) is 4.30. The molecular weight excluding hydrogens is 394 g/mol. The number of amides is 1. The second kappa shape index (κ2) is 9.29. The van der Waals surface area contributed by atoms with Crippen molar-refractivity contribution < 1.29 is 24.2 Å². The van der Waals surface area contributed by atoms with E-state index in [0.29, 0.717) is 27.7 Å². The lowest BCUT2D eigenvalue weighted by molar-refractivity contribution is -0.310.